The number of Topliss-reactive ketones (excluding diaryl/α,β-unsaturated/α-hetero) is 1. The minimum absolute atomic E-state index is 0.255. The van der Waals surface area contributed by atoms with Crippen molar-refractivity contribution in [3.05, 3.63) is 0 Å². The van der Waals surface area contributed by atoms with Gasteiger partial charge in [0, 0.05) is 6.42 Å². The first-order chi connectivity index (χ1) is 5.04. The van der Waals surface area contributed by atoms with E-state index in [1.807, 2.05) is 6.92 Å². The van der Waals surface area contributed by atoms with Crippen LogP contribution < -0.4 is 5.73 Å². The fraction of sp³-hybridized carbons (Fsp3) is 0.714. The number of nitrogens with two attached hydrogens (primary N) is 1. The SMILES string of the molecule is CCC(C)=O.CCOC(N)=O. The summed E-state index contributed by atoms with van der Waals surface area (Å²) in [7, 11) is 0. The van der Waals surface area contributed by atoms with E-state index in [4.69, 9.17) is 0 Å². The van der Waals surface area contributed by atoms with E-state index in [9.17, 15) is 9.59 Å². The minimum Gasteiger partial charge on any atom is -0.450 e. The van der Waals surface area contributed by atoms with Gasteiger partial charge in [0.05, 0.1) is 6.61 Å². The predicted molar refractivity (Wildman–Crippen MR) is 42.2 cm³/mol. The van der Waals surface area contributed by atoms with E-state index < -0.39 is 6.09 Å². The summed E-state index contributed by atoms with van der Waals surface area (Å²) in [4.78, 5) is 19.4. The van der Waals surface area contributed by atoms with Gasteiger partial charge in [-0.05, 0) is 13.8 Å². The highest BCUT2D eigenvalue weighted by atomic mass is 16.5. The number of carbonyl (C=O) groups excluding carboxylic acids is 2. The van der Waals surface area contributed by atoms with Gasteiger partial charge < -0.3 is 15.3 Å². The van der Waals surface area contributed by atoms with Crippen LogP contribution in [0.1, 0.15) is 27.2 Å². The molecule has 11 heavy (non-hydrogen) atoms. The monoisotopic (exact) mass is 161 g/mol. The summed E-state index contributed by atoms with van der Waals surface area (Å²) in [5.41, 5.74) is 4.54. The third-order valence-electron chi connectivity index (χ3n) is 0.784. The van der Waals surface area contributed by atoms with Crippen molar-refractivity contribution in [2.24, 2.45) is 5.73 Å². The molecule has 0 aromatic carbocycles. The van der Waals surface area contributed by atoms with E-state index in [0.29, 0.717) is 13.0 Å². The van der Waals surface area contributed by atoms with E-state index in [1.54, 1.807) is 13.8 Å². The maximum atomic E-state index is 9.81. The maximum Gasteiger partial charge on any atom is 0.404 e. The Morgan fingerprint density at radius 1 is 1.36 bits per heavy atom. The van der Waals surface area contributed by atoms with Gasteiger partial charge in [-0.3, -0.25) is 0 Å². The number of amides is 1. The molecule has 0 bridgehead atoms. The fourth-order valence-corrected chi connectivity index (χ4v) is 0.142. The molecule has 0 aliphatic rings. The second kappa shape index (κ2) is 8.94. The number of hydrogen-bond acceptors (Lipinski definition) is 3. The van der Waals surface area contributed by atoms with Gasteiger partial charge in [0.25, 0.3) is 0 Å². The highest BCUT2D eigenvalue weighted by Crippen LogP contribution is 1.71. The van der Waals surface area contributed by atoms with Gasteiger partial charge in [0.1, 0.15) is 5.78 Å². The van der Waals surface area contributed by atoms with Crippen molar-refractivity contribution >= 4 is 11.9 Å². The van der Waals surface area contributed by atoms with E-state index in [-0.39, 0.29) is 5.78 Å². The quantitative estimate of drug-likeness (QED) is 0.659. The molecule has 1 amide bonds. The van der Waals surface area contributed by atoms with Crippen molar-refractivity contribution in [2.45, 2.75) is 27.2 Å². The van der Waals surface area contributed by atoms with E-state index >= 15 is 0 Å². The van der Waals surface area contributed by atoms with Crippen LogP contribution in [-0.4, -0.2) is 18.5 Å². The summed E-state index contributed by atoms with van der Waals surface area (Å²) in [6.07, 6.45) is -0.0440. The molecule has 66 valence electrons. The molecule has 0 aromatic rings. The standard InChI is InChI=1S/C4H8O.C3H7NO2/c1-3-4(2)5;1-2-6-3(4)5/h3H2,1-2H3;2H2,1H3,(H2,4,5). The third-order valence-corrected chi connectivity index (χ3v) is 0.784. The predicted octanol–water partition coefficient (Wildman–Crippen LogP) is 1.09. The zero-order valence-electron chi connectivity index (χ0n) is 7.22. The third kappa shape index (κ3) is 27.7. The van der Waals surface area contributed by atoms with Gasteiger partial charge in [-0.2, -0.15) is 0 Å². The van der Waals surface area contributed by atoms with Crippen LogP contribution in [0, 0.1) is 0 Å². The molecular weight excluding hydrogens is 146 g/mol. The first-order valence-corrected chi connectivity index (χ1v) is 3.46. The Hall–Kier alpha value is -1.06. The van der Waals surface area contributed by atoms with Crippen LogP contribution in [0.3, 0.4) is 0 Å². The molecule has 2 N–H and O–H groups in total. The first-order valence-electron chi connectivity index (χ1n) is 3.46. The Bertz CT molecular complexity index is 123. The average Bonchev–Trinajstić information content (AvgIpc) is 1.89. The molecule has 4 heteroatoms. The summed E-state index contributed by atoms with van der Waals surface area (Å²) >= 11 is 0. The molecule has 0 rings (SSSR count). The molecule has 4 nitrogen and oxygen atoms in total. The molecule has 0 fully saturated rings. The highest BCUT2D eigenvalue weighted by Gasteiger charge is 1.82. The molecule has 0 saturated carbocycles. The summed E-state index contributed by atoms with van der Waals surface area (Å²) in [5, 5.41) is 0. The van der Waals surface area contributed by atoms with Crippen molar-refractivity contribution < 1.29 is 14.3 Å². The highest BCUT2D eigenvalue weighted by molar-refractivity contribution is 5.74. The van der Waals surface area contributed by atoms with Crippen molar-refractivity contribution in [2.75, 3.05) is 6.61 Å². The summed E-state index contributed by atoms with van der Waals surface area (Å²) in [6, 6.07) is 0. The molecule has 0 unspecified atom stereocenters. The van der Waals surface area contributed by atoms with Crippen molar-refractivity contribution in [1.29, 1.82) is 0 Å². The lowest BCUT2D eigenvalue weighted by atomic mass is 10.4. The number of ether oxygens (including phenoxy) is 1. The van der Waals surface area contributed by atoms with Crippen LogP contribution in [0.4, 0.5) is 4.79 Å². The number of ketones is 1. The second-order valence-electron chi connectivity index (χ2n) is 1.81. The lowest BCUT2D eigenvalue weighted by Crippen LogP contribution is -2.11. The van der Waals surface area contributed by atoms with Crippen LogP contribution in [0.5, 0.6) is 0 Å². The summed E-state index contributed by atoms with van der Waals surface area (Å²) < 4.78 is 4.18. The Morgan fingerprint density at radius 3 is 1.73 bits per heavy atom. The Balaban J connectivity index is 0. The van der Waals surface area contributed by atoms with Gasteiger partial charge in [-0.1, -0.05) is 6.92 Å². The second-order valence-corrected chi connectivity index (χ2v) is 1.81. The summed E-state index contributed by atoms with van der Waals surface area (Å²) in [5.74, 6) is 0.255. The first kappa shape index (κ1) is 12.6. The van der Waals surface area contributed by atoms with Crippen molar-refractivity contribution in [3.8, 4) is 0 Å². The van der Waals surface area contributed by atoms with Crippen molar-refractivity contribution in [1.82, 2.24) is 0 Å². The summed E-state index contributed by atoms with van der Waals surface area (Å²) in [6.45, 7) is 5.49. The molecule has 0 radical (unpaired) electrons. The zero-order valence-corrected chi connectivity index (χ0v) is 7.22. The normalized spacial score (nSPS) is 7.55. The van der Waals surface area contributed by atoms with Crippen molar-refractivity contribution in [3.63, 3.8) is 0 Å². The molecule has 0 aromatic heterocycles. The largest absolute Gasteiger partial charge is 0.450 e. The van der Waals surface area contributed by atoms with Gasteiger partial charge in [-0.15, -0.1) is 0 Å². The zero-order chi connectivity index (χ0) is 9.28. The van der Waals surface area contributed by atoms with Crippen LogP contribution in [0.25, 0.3) is 0 Å². The minimum atomic E-state index is -0.711. The van der Waals surface area contributed by atoms with Gasteiger partial charge in [-0.25, -0.2) is 4.79 Å². The molecule has 0 atom stereocenters. The van der Waals surface area contributed by atoms with Gasteiger partial charge in [0.2, 0.25) is 0 Å². The Morgan fingerprint density at radius 2 is 1.73 bits per heavy atom. The molecule has 0 heterocycles. The number of carbonyl (C=O) groups is 2. The molecule has 0 spiro atoms. The topological polar surface area (TPSA) is 69.4 Å². The van der Waals surface area contributed by atoms with Crippen LogP contribution in [0.2, 0.25) is 0 Å². The van der Waals surface area contributed by atoms with Gasteiger partial charge >= 0.3 is 6.09 Å². The van der Waals surface area contributed by atoms with Gasteiger partial charge in [0.15, 0.2) is 0 Å². The van der Waals surface area contributed by atoms with Crippen LogP contribution in [0.15, 0.2) is 0 Å². The van der Waals surface area contributed by atoms with E-state index in [2.05, 4.69) is 10.5 Å². The number of primary amides is 1. The Kier molecular flexibility index (Phi) is 10.2. The van der Waals surface area contributed by atoms with E-state index in [1.165, 1.54) is 0 Å². The van der Waals surface area contributed by atoms with E-state index in [0.717, 1.165) is 0 Å². The maximum absolute atomic E-state index is 9.81. The smallest absolute Gasteiger partial charge is 0.404 e. The average molecular weight is 161 g/mol. The molecular formula is C7H15NO3. The Labute approximate surface area is 66.7 Å². The molecule has 0 saturated heterocycles. The number of hydrogen-bond donors (Lipinski definition) is 1. The van der Waals surface area contributed by atoms with Crippen LogP contribution >= 0.6 is 0 Å². The van der Waals surface area contributed by atoms with Crippen LogP contribution in [-0.2, 0) is 9.53 Å². The lowest BCUT2D eigenvalue weighted by molar-refractivity contribution is -0.116. The lowest BCUT2D eigenvalue weighted by Gasteiger charge is -1.89. The number of rotatable bonds is 2. The molecule has 0 aliphatic heterocycles. The molecule has 0 aliphatic carbocycles. The fourth-order valence-electron chi connectivity index (χ4n) is 0.142.